The standard InChI is InChI=1S/C6H10O2/c1-6(5-7)3-4-8-2/h3,5H,4H2,1-2H3/b6-3+. The third-order valence-corrected chi connectivity index (χ3v) is 0.758. The van der Waals surface area contributed by atoms with E-state index in [1.807, 2.05) is 0 Å². The van der Waals surface area contributed by atoms with E-state index in [9.17, 15) is 4.79 Å². The molecule has 0 spiro atoms. The molecule has 0 unspecified atom stereocenters. The lowest BCUT2D eigenvalue weighted by atomic mass is 10.3. The average Bonchev–Trinajstić information content (AvgIpc) is 1.83. The van der Waals surface area contributed by atoms with E-state index in [1.165, 1.54) is 0 Å². The van der Waals surface area contributed by atoms with Crippen LogP contribution in [-0.2, 0) is 9.53 Å². The van der Waals surface area contributed by atoms with E-state index in [1.54, 1.807) is 20.1 Å². The molecule has 0 aromatic heterocycles. The highest BCUT2D eigenvalue weighted by Gasteiger charge is 1.79. The molecule has 0 radical (unpaired) electrons. The molecule has 0 fully saturated rings. The lowest BCUT2D eigenvalue weighted by Gasteiger charge is -1.87. The zero-order chi connectivity index (χ0) is 6.41. The van der Waals surface area contributed by atoms with Crippen LogP contribution in [0.4, 0.5) is 0 Å². The molecule has 0 aromatic rings. The predicted octanol–water partition coefficient (Wildman–Crippen LogP) is 0.778. The number of carbonyl (C=O) groups excluding carboxylic acids is 1. The van der Waals surface area contributed by atoms with Crippen molar-refractivity contribution in [2.45, 2.75) is 6.92 Å². The van der Waals surface area contributed by atoms with Gasteiger partial charge in [0.15, 0.2) is 0 Å². The fourth-order valence-electron chi connectivity index (χ4n) is 0.263. The minimum Gasteiger partial charge on any atom is -0.381 e. The van der Waals surface area contributed by atoms with Gasteiger partial charge in [0.1, 0.15) is 6.29 Å². The van der Waals surface area contributed by atoms with Crippen molar-refractivity contribution in [3.63, 3.8) is 0 Å². The van der Waals surface area contributed by atoms with Crippen molar-refractivity contribution in [1.82, 2.24) is 0 Å². The van der Waals surface area contributed by atoms with Gasteiger partial charge in [-0.25, -0.2) is 0 Å². The molecular formula is C6H10O2. The lowest BCUT2D eigenvalue weighted by Crippen LogP contribution is -1.84. The van der Waals surface area contributed by atoms with Crippen LogP contribution in [0, 0.1) is 0 Å². The zero-order valence-corrected chi connectivity index (χ0v) is 5.18. The number of hydrogen-bond acceptors (Lipinski definition) is 2. The molecule has 0 bridgehead atoms. The van der Waals surface area contributed by atoms with Crippen molar-refractivity contribution in [1.29, 1.82) is 0 Å². The van der Waals surface area contributed by atoms with Gasteiger partial charge in [-0.2, -0.15) is 0 Å². The molecule has 0 heterocycles. The number of rotatable bonds is 3. The molecule has 0 aliphatic heterocycles. The van der Waals surface area contributed by atoms with Gasteiger partial charge in [-0.15, -0.1) is 0 Å². The SMILES string of the molecule is COC/C=C(\C)C=O. The highest BCUT2D eigenvalue weighted by Crippen LogP contribution is 1.83. The van der Waals surface area contributed by atoms with Crippen molar-refractivity contribution in [3.8, 4) is 0 Å². The van der Waals surface area contributed by atoms with Crippen LogP contribution < -0.4 is 0 Å². The van der Waals surface area contributed by atoms with Gasteiger partial charge in [-0.3, -0.25) is 4.79 Å². The summed E-state index contributed by atoms with van der Waals surface area (Å²) >= 11 is 0. The van der Waals surface area contributed by atoms with Crippen LogP contribution in [-0.4, -0.2) is 20.0 Å². The first-order valence-electron chi connectivity index (χ1n) is 2.42. The molecule has 0 amide bonds. The molecule has 0 saturated carbocycles. The first-order chi connectivity index (χ1) is 3.81. The van der Waals surface area contributed by atoms with Crippen molar-refractivity contribution in [3.05, 3.63) is 11.6 Å². The van der Waals surface area contributed by atoms with Gasteiger partial charge in [0.05, 0.1) is 6.61 Å². The van der Waals surface area contributed by atoms with Crippen molar-refractivity contribution in [2.75, 3.05) is 13.7 Å². The molecular weight excluding hydrogens is 104 g/mol. The molecule has 0 atom stereocenters. The third-order valence-electron chi connectivity index (χ3n) is 0.758. The minimum atomic E-state index is 0.518. The maximum Gasteiger partial charge on any atom is 0.145 e. The summed E-state index contributed by atoms with van der Waals surface area (Å²) in [6, 6.07) is 0. The second kappa shape index (κ2) is 4.53. The fourth-order valence-corrected chi connectivity index (χ4v) is 0.263. The second-order valence-electron chi connectivity index (χ2n) is 1.52. The topological polar surface area (TPSA) is 26.3 Å². The van der Waals surface area contributed by atoms with Gasteiger partial charge in [0, 0.05) is 7.11 Å². The minimum absolute atomic E-state index is 0.518. The summed E-state index contributed by atoms with van der Waals surface area (Å²) in [6.45, 7) is 2.26. The van der Waals surface area contributed by atoms with Crippen LogP contribution in [0.5, 0.6) is 0 Å². The number of hydrogen-bond donors (Lipinski definition) is 0. The lowest BCUT2D eigenvalue weighted by molar-refractivity contribution is -0.104. The molecule has 8 heavy (non-hydrogen) atoms. The Kier molecular flexibility index (Phi) is 4.17. The van der Waals surface area contributed by atoms with E-state index < -0.39 is 0 Å². The van der Waals surface area contributed by atoms with Crippen LogP contribution in [0.15, 0.2) is 11.6 Å². The Hall–Kier alpha value is -0.630. The van der Waals surface area contributed by atoms with Crippen LogP contribution in [0.1, 0.15) is 6.92 Å². The summed E-state index contributed by atoms with van der Waals surface area (Å²) in [5.74, 6) is 0. The normalized spacial score (nSPS) is 11.5. The highest BCUT2D eigenvalue weighted by atomic mass is 16.5. The van der Waals surface area contributed by atoms with Gasteiger partial charge in [-0.05, 0) is 12.5 Å². The molecule has 0 aliphatic rings. The number of aldehydes is 1. The number of allylic oxidation sites excluding steroid dienone is 1. The molecule has 46 valence electrons. The van der Waals surface area contributed by atoms with Crippen molar-refractivity contribution < 1.29 is 9.53 Å². The summed E-state index contributed by atoms with van der Waals surface area (Å²) in [4.78, 5) is 9.89. The summed E-state index contributed by atoms with van der Waals surface area (Å²) in [5.41, 5.74) is 0.715. The quantitative estimate of drug-likeness (QED) is 0.400. The van der Waals surface area contributed by atoms with Crippen LogP contribution in [0.3, 0.4) is 0 Å². The van der Waals surface area contributed by atoms with E-state index >= 15 is 0 Å². The zero-order valence-electron chi connectivity index (χ0n) is 5.18. The van der Waals surface area contributed by atoms with Crippen LogP contribution in [0.2, 0.25) is 0 Å². The van der Waals surface area contributed by atoms with E-state index in [-0.39, 0.29) is 0 Å². The summed E-state index contributed by atoms with van der Waals surface area (Å²) < 4.78 is 4.68. The molecule has 2 heteroatoms. The molecule has 0 aliphatic carbocycles. The summed E-state index contributed by atoms with van der Waals surface area (Å²) in [5, 5.41) is 0. The van der Waals surface area contributed by atoms with Crippen molar-refractivity contribution in [2.24, 2.45) is 0 Å². The molecule has 0 rings (SSSR count). The Labute approximate surface area is 49.1 Å². The first-order valence-corrected chi connectivity index (χ1v) is 2.42. The van der Waals surface area contributed by atoms with Gasteiger partial charge in [0.25, 0.3) is 0 Å². The van der Waals surface area contributed by atoms with E-state index in [0.717, 1.165) is 6.29 Å². The van der Waals surface area contributed by atoms with E-state index in [4.69, 9.17) is 0 Å². The molecule has 0 aromatic carbocycles. The predicted molar refractivity (Wildman–Crippen MR) is 31.7 cm³/mol. The number of methoxy groups -OCH3 is 1. The summed E-state index contributed by atoms with van der Waals surface area (Å²) in [6.07, 6.45) is 2.53. The van der Waals surface area contributed by atoms with E-state index in [2.05, 4.69) is 4.74 Å². The van der Waals surface area contributed by atoms with Gasteiger partial charge in [0.2, 0.25) is 0 Å². The summed E-state index contributed by atoms with van der Waals surface area (Å²) in [7, 11) is 1.59. The maximum absolute atomic E-state index is 9.89. The average molecular weight is 114 g/mol. The molecule has 0 saturated heterocycles. The Bertz CT molecular complexity index is 94.7. The Morgan fingerprint density at radius 2 is 2.38 bits per heavy atom. The van der Waals surface area contributed by atoms with Gasteiger partial charge >= 0.3 is 0 Å². The largest absolute Gasteiger partial charge is 0.381 e. The second-order valence-corrected chi connectivity index (χ2v) is 1.52. The smallest absolute Gasteiger partial charge is 0.145 e. The molecule has 2 nitrogen and oxygen atoms in total. The third kappa shape index (κ3) is 3.56. The van der Waals surface area contributed by atoms with Crippen LogP contribution in [0.25, 0.3) is 0 Å². The maximum atomic E-state index is 9.89. The van der Waals surface area contributed by atoms with Gasteiger partial charge in [-0.1, -0.05) is 6.08 Å². The van der Waals surface area contributed by atoms with Gasteiger partial charge < -0.3 is 4.74 Å². The Morgan fingerprint density at radius 1 is 1.75 bits per heavy atom. The van der Waals surface area contributed by atoms with Crippen LogP contribution >= 0.6 is 0 Å². The molecule has 0 N–H and O–H groups in total. The van der Waals surface area contributed by atoms with E-state index in [0.29, 0.717) is 12.2 Å². The Morgan fingerprint density at radius 3 is 2.75 bits per heavy atom. The highest BCUT2D eigenvalue weighted by molar-refractivity contribution is 5.71. The fraction of sp³-hybridized carbons (Fsp3) is 0.500. The Balaban J connectivity index is 3.40. The monoisotopic (exact) mass is 114 g/mol. The van der Waals surface area contributed by atoms with Crippen molar-refractivity contribution >= 4 is 6.29 Å². The first kappa shape index (κ1) is 7.37. The number of carbonyl (C=O) groups is 1. The number of ether oxygens (including phenoxy) is 1.